The number of hydrogen-bond donors (Lipinski definition) is 2. The highest BCUT2D eigenvalue weighted by atomic mass is 16.3. The van der Waals surface area contributed by atoms with Crippen LogP contribution in [0.5, 0.6) is 11.5 Å². The highest BCUT2D eigenvalue weighted by Crippen LogP contribution is 2.32. The Morgan fingerprint density at radius 1 is 0.826 bits per heavy atom. The van der Waals surface area contributed by atoms with Crippen LogP contribution in [-0.4, -0.2) is 21.7 Å². The number of phenolic OH excluding ortho intramolecular Hbond substituents is 2. The summed E-state index contributed by atoms with van der Waals surface area (Å²) in [6, 6.07) is 18.4. The fraction of sp³-hybridized carbons (Fsp3) is 0.200. The fourth-order valence-electron chi connectivity index (χ4n) is 3.37. The molecule has 0 spiro atoms. The predicted octanol–water partition coefficient (Wildman–Crippen LogP) is 3.81. The molecule has 0 unspecified atom stereocenters. The Hall–Kier alpha value is -2.52. The van der Waals surface area contributed by atoms with Crippen molar-refractivity contribution < 1.29 is 10.2 Å². The van der Waals surface area contributed by atoms with Gasteiger partial charge in [0.2, 0.25) is 0 Å². The lowest BCUT2D eigenvalue weighted by atomic mass is 9.98. The van der Waals surface area contributed by atoms with Crippen LogP contribution in [0.2, 0.25) is 0 Å². The van der Waals surface area contributed by atoms with Crippen molar-refractivity contribution in [1.29, 1.82) is 0 Å². The van der Waals surface area contributed by atoms with Gasteiger partial charge in [-0.1, -0.05) is 36.4 Å². The first-order chi connectivity index (χ1) is 11.2. The van der Waals surface area contributed by atoms with E-state index in [2.05, 4.69) is 47.4 Å². The SMILES string of the molecule is Oc1cc2c(cc1O)CN(Cc1ccc3ccccc3c1)CC2. The fourth-order valence-corrected chi connectivity index (χ4v) is 3.37. The van der Waals surface area contributed by atoms with Gasteiger partial charge >= 0.3 is 0 Å². The molecule has 0 bridgehead atoms. The van der Waals surface area contributed by atoms with Gasteiger partial charge < -0.3 is 10.2 Å². The summed E-state index contributed by atoms with van der Waals surface area (Å²) in [4.78, 5) is 2.38. The normalized spacial score (nSPS) is 14.8. The molecule has 0 saturated carbocycles. The number of nitrogens with zero attached hydrogens (tertiary/aromatic N) is 1. The van der Waals surface area contributed by atoms with Crippen LogP contribution >= 0.6 is 0 Å². The lowest BCUT2D eigenvalue weighted by Crippen LogP contribution is -2.29. The highest BCUT2D eigenvalue weighted by Gasteiger charge is 2.18. The monoisotopic (exact) mass is 305 g/mol. The summed E-state index contributed by atoms with van der Waals surface area (Å²) in [6.07, 6.45) is 0.900. The molecular weight excluding hydrogens is 286 g/mol. The number of phenols is 2. The van der Waals surface area contributed by atoms with Gasteiger partial charge in [-0.25, -0.2) is 0 Å². The number of fused-ring (bicyclic) bond motifs is 2. The van der Waals surface area contributed by atoms with Gasteiger partial charge in [0.15, 0.2) is 11.5 Å². The molecule has 0 atom stereocenters. The Morgan fingerprint density at radius 2 is 1.57 bits per heavy atom. The van der Waals surface area contributed by atoms with Crippen molar-refractivity contribution >= 4 is 10.8 Å². The lowest BCUT2D eigenvalue weighted by molar-refractivity contribution is 0.244. The van der Waals surface area contributed by atoms with E-state index in [1.165, 1.54) is 16.3 Å². The first-order valence-corrected chi connectivity index (χ1v) is 7.93. The molecule has 3 nitrogen and oxygen atoms in total. The average Bonchev–Trinajstić information content (AvgIpc) is 2.56. The molecule has 1 heterocycles. The van der Waals surface area contributed by atoms with Crippen molar-refractivity contribution in [2.24, 2.45) is 0 Å². The minimum Gasteiger partial charge on any atom is -0.504 e. The number of rotatable bonds is 2. The standard InChI is InChI=1S/C20H19NO2/c22-19-10-17-7-8-21(13-18(17)11-20(19)23)12-14-5-6-15-3-1-2-4-16(15)9-14/h1-6,9-11,22-23H,7-8,12-13H2. The zero-order chi connectivity index (χ0) is 15.8. The van der Waals surface area contributed by atoms with Crippen LogP contribution in [0.25, 0.3) is 10.8 Å². The largest absolute Gasteiger partial charge is 0.504 e. The molecule has 3 aromatic carbocycles. The van der Waals surface area contributed by atoms with Crippen LogP contribution in [0.3, 0.4) is 0 Å². The van der Waals surface area contributed by atoms with E-state index in [1.807, 2.05) is 0 Å². The molecule has 0 aromatic heterocycles. The van der Waals surface area contributed by atoms with Crippen LogP contribution in [0.1, 0.15) is 16.7 Å². The van der Waals surface area contributed by atoms with Crippen molar-refractivity contribution in [1.82, 2.24) is 4.90 Å². The number of benzene rings is 3. The van der Waals surface area contributed by atoms with Crippen molar-refractivity contribution in [3.63, 3.8) is 0 Å². The van der Waals surface area contributed by atoms with Gasteiger partial charge in [-0.15, -0.1) is 0 Å². The molecule has 0 fully saturated rings. The van der Waals surface area contributed by atoms with Gasteiger partial charge in [0.25, 0.3) is 0 Å². The summed E-state index contributed by atoms with van der Waals surface area (Å²) in [5, 5.41) is 21.8. The smallest absolute Gasteiger partial charge is 0.157 e. The molecule has 23 heavy (non-hydrogen) atoms. The van der Waals surface area contributed by atoms with Gasteiger partial charge in [-0.3, -0.25) is 4.90 Å². The third-order valence-electron chi connectivity index (χ3n) is 4.61. The summed E-state index contributed by atoms with van der Waals surface area (Å²) < 4.78 is 0. The molecule has 116 valence electrons. The van der Waals surface area contributed by atoms with Crippen LogP contribution in [-0.2, 0) is 19.5 Å². The minimum atomic E-state index is -0.0312. The van der Waals surface area contributed by atoms with E-state index < -0.39 is 0 Å². The Morgan fingerprint density at radius 3 is 2.39 bits per heavy atom. The Bertz CT molecular complexity index is 873. The molecule has 1 aliphatic rings. The van der Waals surface area contributed by atoms with E-state index in [0.29, 0.717) is 0 Å². The molecule has 0 saturated heterocycles. The molecule has 3 heteroatoms. The van der Waals surface area contributed by atoms with Gasteiger partial charge in [0, 0.05) is 19.6 Å². The van der Waals surface area contributed by atoms with Gasteiger partial charge in [0.1, 0.15) is 0 Å². The quantitative estimate of drug-likeness (QED) is 0.708. The first-order valence-electron chi connectivity index (χ1n) is 7.93. The number of hydrogen-bond acceptors (Lipinski definition) is 3. The van der Waals surface area contributed by atoms with Crippen LogP contribution < -0.4 is 0 Å². The lowest BCUT2D eigenvalue weighted by Gasteiger charge is -2.29. The third-order valence-corrected chi connectivity index (χ3v) is 4.61. The summed E-state index contributed by atoms with van der Waals surface area (Å²) in [5.41, 5.74) is 3.54. The van der Waals surface area contributed by atoms with E-state index in [9.17, 15) is 10.2 Å². The molecule has 0 amide bonds. The maximum Gasteiger partial charge on any atom is 0.157 e. The van der Waals surface area contributed by atoms with E-state index in [1.54, 1.807) is 12.1 Å². The van der Waals surface area contributed by atoms with E-state index >= 15 is 0 Å². The third kappa shape index (κ3) is 2.76. The van der Waals surface area contributed by atoms with Crippen molar-refractivity contribution in [3.05, 3.63) is 71.3 Å². The average molecular weight is 305 g/mol. The van der Waals surface area contributed by atoms with E-state index in [4.69, 9.17) is 0 Å². The van der Waals surface area contributed by atoms with Crippen molar-refractivity contribution in [2.75, 3.05) is 6.54 Å². The van der Waals surface area contributed by atoms with Gasteiger partial charge in [0.05, 0.1) is 0 Å². The summed E-state index contributed by atoms with van der Waals surface area (Å²) in [5.74, 6) is -0.0527. The molecular formula is C20H19NO2. The van der Waals surface area contributed by atoms with Gasteiger partial charge in [-0.2, -0.15) is 0 Å². The first kappa shape index (κ1) is 14.1. The topological polar surface area (TPSA) is 43.7 Å². The Balaban J connectivity index is 1.56. The van der Waals surface area contributed by atoms with Crippen molar-refractivity contribution in [2.45, 2.75) is 19.5 Å². The summed E-state index contributed by atoms with van der Waals surface area (Å²) in [6.45, 7) is 2.66. The zero-order valence-electron chi connectivity index (χ0n) is 12.9. The van der Waals surface area contributed by atoms with Crippen LogP contribution in [0.4, 0.5) is 0 Å². The number of aromatic hydroxyl groups is 2. The molecule has 0 radical (unpaired) electrons. The Labute approximate surface area is 135 Å². The maximum absolute atomic E-state index is 9.70. The predicted molar refractivity (Wildman–Crippen MR) is 91.5 cm³/mol. The molecule has 1 aliphatic heterocycles. The highest BCUT2D eigenvalue weighted by molar-refractivity contribution is 5.82. The zero-order valence-corrected chi connectivity index (χ0v) is 12.9. The van der Waals surface area contributed by atoms with Crippen molar-refractivity contribution in [3.8, 4) is 11.5 Å². The Kier molecular flexibility index (Phi) is 3.43. The second-order valence-corrected chi connectivity index (χ2v) is 6.25. The minimum absolute atomic E-state index is 0.0215. The van der Waals surface area contributed by atoms with Crippen LogP contribution in [0.15, 0.2) is 54.6 Å². The molecule has 4 rings (SSSR count). The second kappa shape index (κ2) is 5.60. The molecule has 3 aromatic rings. The summed E-state index contributed by atoms with van der Waals surface area (Å²) in [7, 11) is 0. The van der Waals surface area contributed by atoms with E-state index in [-0.39, 0.29) is 11.5 Å². The van der Waals surface area contributed by atoms with E-state index in [0.717, 1.165) is 37.2 Å². The van der Waals surface area contributed by atoms with Crippen LogP contribution in [0, 0.1) is 0 Å². The molecule has 0 aliphatic carbocycles. The summed E-state index contributed by atoms with van der Waals surface area (Å²) >= 11 is 0. The van der Waals surface area contributed by atoms with Gasteiger partial charge in [-0.05, 0) is 52.1 Å². The molecule has 2 N–H and O–H groups in total. The maximum atomic E-state index is 9.70. The second-order valence-electron chi connectivity index (χ2n) is 6.25.